The molecule has 0 saturated carbocycles. The quantitative estimate of drug-likeness (QED) is 0.0919. The molecule has 0 bridgehead atoms. The maximum Gasteiger partial charge on any atom is 0.248 e. The van der Waals surface area contributed by atoms with Gasteiger partial charge in [-0.05, 0) is 86.2 Å². The molecule has 0 spiro atoms. The van der Waals surface area contributed by atoms with Crippen LogP contribution in [-0.2, 0) is 25.7 Å². The molecule has 6 nitrogen and oxygen atoms in total. The van der Waals surface area contributed by atoms with E-state index in [1.807, 2.05) is 12.1 Å². The Bertz CT molecular complexity index is 1610. The van der Waals surface area contributed by atoms with Crippen molar-refractivity contribution in [2.24, 2.45) is 0 Å². The molecule has 0 aliphatic rings. The van der Waals surface area contributed by atoms with E-state index >= 15 is 0 Å². The average Bonchev–Trinajstić information content (AvgIpc) is 3.06. The molecular weight excluding hydrogens is 773 g/mol. The zero-order valence-electron chi connectivity index (χ0n) is 26.1. The summed E-state index contributed by atoms with van der Waals surface area (Å²) < 4.78 is 9.86. The monoisotopic (exact) mass is 805 g/mol. The second-order valence-electron chi connectivity index (χ2n) is 10.4. The number of benzene rings is 3. The van der Waals surface area contributed by atoms with Crippen molar-refractivity contribution in [3.8, 4) is 12.1 Å². The maximum atomic E-state index is 11.3. The molecule has 14 heteroatoms. The van der Waals surface area contributed by atoms with Crippen LogP contribution in [0.4, 0.5) is 0 Å². The number of rotatable bonds is 14. The molecule has 0 aliphatic carbocycles. The lowest BCUT2D eigenvalue weighted by molar-refractivity contribution is -0.117. The Morgan fingerprint density at radius 3 is 1.90 bits per heavy atom. The van der Waals surface area contributed by atoms with Crippen molar-refractivity contribution < 1.29 is 13.8 Å². The lowest BCUT2D eigenvalue weighted by Crippen LogP contribution is -2.25. The summed E-state index contributed by atoms with van der Waals surface area (Å²) in [5, 5.41) is 21.0. The van der Waals surface area contributed by atoms with Gasteiger partial charge in [-0.15, -0.1) is 0 Å². The van der Waals surface area contributed by atoms with Crippen molar-refractivity contribution in [3.63, 3.8) is 0 Å². The molecular formula is C34H35Cl6N3O3P2. The van der Waals surface area contributed by atoms with E-state index in [1.54, 1.807) is 48.5 Å². The van der Waals surface area contributed by atoms with Gasteiger partial charge in [-0.1, -0.05) is 81.7 Å². The molecule has 3 aromatic carbocycles. The van der Waals surface area contributed by atoms with Crippen LogP contribution in [0.5, 0.6) is 0 Å². The maximum absolute atomic E-state index is 11.3. The van der Waals surface area contributed by atoms with Crippen molar-refractivity contribution in [2.45, 2.75) is 63.3 Å². The van der Waals surface area contributed by atoms with E-state index in [1.165, 1.54) is 6.92 Å². The van der Waals surface area contributed by atoms with E-state index in [4.69, 9.17) is 90.5 Å². The van der Waals surface area contributed by atoms with Crippen LogP contribution in [0.15, 0.2) is 54.6 Å². The van der Waals surface area contributed by atoms with Gasteiger partial charge in [0, 0.05) is 37.3 Å². The van der Waals surface area contributed by atoms with Crippen LogP contribution in [0.25, 0.3) is 4.85 Å². The number of carbonyl (C=O) groups excluding carboxylic acids is 1. The van der Waals surface area contributed by atoms with Crippen molar-refractivity contribution >= 4 is 94.3 Å². The van der Waals surface area contributed by atoms with Gasteiger partial charge in [-0.3, -0.25) is 0 Å². The van der Waals surface area contributed by atoms with E-state index in [0.717, 1.165) is 36.0 Å². The second kappa shape index (κ2) is 24.5. The molecule has 0 aliphatic heterocycles. The van der Waals surface area contributed by atoms with Gasteiger partial charge in [-0.2, -0.15) is 10.5 Å². The molecule has 0 N–H and O–H groups in total. The first-order valence-corrected chi connectivity index (χ1v) is 17.7. The molecule has 0 heterocycles. The lowest BCUT2D eigenvalue weighted by Gasteiger charge is -2.27. The van der Waals surface area contributed by atoms with Gasteiger partial charge >= 0.3 is 0 Å². The first-order valence-electron chi connectivity index (χ1n) is 14.5. The molecule has 0 aromatic heterocycles. The number of halogens is 6. The van der Waals surface area contributed by atoms with Crippen LogP contribution in [0, 0.1) is 29.2 Å². The number of carbonyl (C=O) groups is 1. The Morgan fingerprint density at radius 2 is 1.40 bits per heavy atom. The minimum Gasteiger partial charge on any atom is -0.366 e. The summed E-state index contributed by atoms with van der Waals surface area (Å²) in [7, 11) is 4.40. The highest BCUT2D eigenvalue weighted by Gasteiger charge is 2.32. The Morgan fingerprint density at radius 1 is 0.833 bits per heavy atom. The normalized spacial score (nSPS) is 12.0. The SMILES string of the molecule is CC(=O)CCC(C#N)(CCCOP)c1ccc(Cl)c(Cl)c1.N#CCc1ccc(Cl)c(Cl)c1.[C-]#[N+]C(CCCOP)c1ccc(Cl)c(Cl)c1. The lowest BCUT2D eigenvalue weighted by atomic mass is 9.74. The summed E-state index contributed by atoms with van der Waals surface area (Å²) in [4.78, 5) is 14.9. The van der Waals surface area contributed by atoms with Crippen molar-refractivity contribution in [2.75, 3.05) is 13.2 Å². The number of ketones is 1. The number of Topliss-reactive ketones (excluding diaryl/α,β-unsaturated/α-hetero) is 1. The Labute approximate surface area is 318 Å². The Kier molecular flexibility index (Phi) is 22.6. The van der Waals surface area contributed by atoms with E-state index in [-0.39, 0.29) is 11.8 Å². The fraction of sp³-hybridized carbons (Fsp3) is 0.353. The van der Waals surface area contributed by atoms with Gasteiger partial charge in [0.25, 0.3) is 0 Å². The first-order chi connectivity index (χ1) is 22.9. The zero-order valence-corrected chi connectivity index (χ0v) is 33.0. The molecule has 0 radical (unpaired) electrons. The van der Waals surface area contributed by atoms with Crippen molar-refractivity contribution in [3.05, 3.63) is 113 Å². The molecule has 0 saturated heterocycles. The molecule has 48 heavy (non-hydrogen) atoms. The molecule has 256 valence electrons. The predicted octanol–water partition coefficient (Wildman–Crippen LogP) is 12.3. The number of hydrogen-bond acceptors (Lipinski definition) is 5. The van der Waals surface area contributed by atoms with Crippen LogP contribution in [-0.4, -0.2) is 19.0 Å². The summed E-state index contributed by atoms with van der Waals surface area (Å²) in [5.74, 6) is 0.0667. The third-order valence-corrected chi connectivity index (χ3v) is 9.64. The van der Waals surface area contributed by atoms with Gasteiger partial charge in [-0.25, -0.2) is 6.57 Å². The van der Waals surface area contributed by atoms with Gasteiger partial charge < -0.3 is 18.7 Å². The van der Waals surface area contributed by atoms with E-state index in [0.29, 0.717) is 69.0 Å². The van der Waals surface area contributed by atoms with Gasteiger partial charge in [0.2, 0.25) is 6.04 Å². The molecule has 3 rings (SSSR count). The van der Waals surface area contributed by atoms with Crippen LogP contribution < -0.4 is 0 Å². The molecule has 4 atom stereocenters. The Hall–Kier alpha value is -1.68. The van der Waals surface area contributed by atoms with Gasteiger partial charge in [0.05, 0.1) is 67.3 Å². The average molecular weight is 808 g/mol. The number of nitrogens with zero attached hydrogens (tertiary/aromatic N) is 3. The Balaban J connectivity index is 0.000000378. The van der Waals surface area contributed by atoms with Crippen LogP contribution in [0.2, 0.25) is 30.1 Å². The second-order valence-corrected chi connectivity index (χ2v) is 13.5. The topological polar surface area (TPSA) is 87.5 Å². The third-order valence-electron chi connectivity index (χ3n) is 6.95. The first kappa shape index (κ1) is 44.3. The zero-order chi connectivity index (χ0) is 36.1. The summed E-state index contributed by atoms with van der Waals surface area (Å²) >= 11 is 35.1. The fourth-order valence-electron chi connectivity index (χ4n) is 4.36. The third kappa shape index (κ3) is 15.9. The largest absolute Gasteiger partial charge is 0.366 e. The number of hydrogen-bond donors (Lipinski definition) is 0. The highest BCUT2D eigenvalue weighted by atomic mass is 35.5. The minimum atomic E-state index is -0.747. The van der Waals surface area contributed by atoms with Crippen molar-refractivity contribution in [1.29, 1.82) is 10.5 Å². The van der Waals surface area contributed by atoms with Crippen LogP contribution in [0.1, 0.15) is 68.2 Å². The number of nitriles is 2. The highest BCUT2D eigenvalue weighted by Crippen LogP contribution is 2.37. The molecule has 3 aromatic rings. The molecule has 0 fully saturated rings. The summed E-state index contributed by atoms with van der Waals surface area (Å²) in [5.41, 5.74) is 1.85. The summed E-state index contributed by atoms with van der Waals surface area (Å²) in [6.07, 6.45) is 4.12. The smallest absolute Gasteiger partial charge is 0.248 e. The van der Waals surface area contributed by atoms with Gasteiger partial charge in [0.15, 0.2) is 0 Å². The van der Waals surface area contributed by atoms with Crippen molar-refractivity contribution in [1.82, 2.24) is 0 Å². The fourth-order valence-corrected chi connectivity index (χ4v) is 5.62. The van der Waals surface area contributed by atoms with Crippen LogP contribution in [0.3, 0.4) is 0 Å². The van der Waals surface area contributed by atoms with Crippen LogP contribution >= 0.6 is 88.5 Å². The standard InChI is InChI=1S/C15H18Cl2NO2P.C11H12Cl2NOP.C8H5Cl2N/c1-11(19)5-7-15(10-18,6-2-8-20-21)12-3-4-13(16)14(17)9-12;1-14-11(3-2-6-15-16)8-4-5-9(12)10(13)7-8;9-7-2-1-6(3-4-11)5-8(7)10/h3-4,9H,2,5-8,21H2,1H3;4-5,7,11H,2-3,6,16H2;1-2,5H,3H2. The minimum absolute atomic E-state index is 0.0667. The highest BCUT2D eigenvalue weighted by molar-refractivity contribution is 7.10. The molecule has 4 unspecified atom stereocenters. The summed E-state index contributed by atoms with van der Waals surface area (Å²) in [6.45, 7) is 9.86. The van der Waals surface area contributed by atoms with E-state index in [9.17, 15) is 10.1 Å². The molecule has 0 amide bonds. The van der Waals surface area contributed by atoms with Gasteiger partial charge in [0.1, 0.15) is 5.78 Å². The van der Waals surface area contributed by atoms with E-state index < -0.39 is 5.41 Å². The summed E-state index contributed by atoms with van der Waals surface area (Å²) in [6, 6.07) is 20.0. The predicted molar refractivity (Wildman–Crippen MR) is 205 cm³/mol. The van der Waals surface area contributed by atoms with E-state index in [2.05, 4.69) is 29.8 Å².